The molecule has 1 heterocycles. The van der Waals surface area contributed by atoms with Gasteiger partial charge in [0.2, 0.25) is 5.91 Å². The zero-order valence-corrected chi connectivity index (χ0v) is 10.3. The number of rotatable bonds is 4. The van der Waals surface area contributed by atoms with Crippen LogP contribution < -0.4 is 10.1 Å². The van der Waals surface area contributed by atoms with E-state index < -0.39 is 0 Å². The smallest absolute Gasteiger partial charge is 0.286 e. The molecule has 1 atom stereocenters. The average molecular weight is 251 g/mol. The molecule has 1 aliphatic rings. The van der Waals surface area contributed by atoms with Gasteiger partial charge in [-0.3, -0.25) is 14.9 Å². The van der Waals surface area contributed by atoms with Crippen LogP contribution in [0.15, 0.2) is 24.3 Å². The minimum Gasteiger partial charge on any atom is -0.497 e. The molecule has 90 valence electrons. The summed E-state index contributed by atoms with van der Waals surface area (Å²) in [6.07, 6.45) is 1.46. The molecule has 1 saturated heterocycles. The van der Waals surface area contributed by atoms with Crippen LogP contribution in [0.3, 0.4) is 0 Å². The number of imide groups is 1. The highest BCUT2D eigenvalue weighted by atomic mass is 32.2. The quantitative estimate of drug-likeness (QED) is 0.889. The Hall–Kier alpha value is -1.49. The maximum absolute atomic E-state index is 11.3. The van der Waals surface area contributed by atoms with Crippen LogP contribution in [-0.4, -0.2) is 23.5 Å². The Balaban J connectivity index is 1.89. The van der Waals surface area contributed by atoms with Gasteiger partial charge in [-0.15, -0.1) is 0 Å². The standard InChI is InChI=1S/C12H13NO3S/c1-16-9-5-2-8(3-6-9)4-7-10-11(14)13-12(15)17-10/h2-3,5-6,10H,4,7H2,1H3,(H,13,14,15)/t10-/m1/s1. The summed E-state index contributed by atoms with van der Waals surface area (Å²) in [5, 5.41) is 1.80. The Morgan fingerprint density at radius 2 is 2.00 bits per heavy atom. The molecule has 1 aromatic rings. The monoisotopic (exact) mass is 251 g/mol. The van der Waals surface area contributed by atoms with Gasteiger partial charge in [-0.05, 0) is 30.5 Å². The van der Waals surface area contributed by atoms with E-state index in [1.54, 1.807) is 7.11 Å². The van der Waals surface area contributed by atoms with Crippen molar-refractivity contribution < 1.29 is 14.3 Å². The summed E-state index contributed by atoms with van der Waals surface area (Å²) in [4.78, 5) is 22.3. The van der Waals surface area contributed by atoms with Crippen LogP contribution in [0.2, 0.25) is 0 Å². The fourth-order valence-electron chi connectivity index (χ4n) is 1.67. The first-order valence-electron chi connectivity index (χ1n) is 5.33. The van der Waals surface area contributed by atoms with E-state index in [0.717, 1.165) is 29.5 Å². The van der Waals surface area contributed by atoms with Gasteiger partial charge in [0.15, 0.2) is 0 Å². The third kappa shape index (κ3) is 3.00. The number of hydrogen-bond acceptors (Lipinski definition) is 4. The molecule has 1 N–H and O–H groups in total. The minimum absolute atomic E-state index is 0.173. The molecule has 0 radical (unpaired) electrons. The molecule has 0 bridgehead atoms. The van der Waals surface area contributed by atoms with Crippen molar-refractivity contribution in [2.45, 2.75) is 18.1 Å². The second-order valence-electron chi connectivity index (χ2n) is 3.77. The maximum Gasteiger partial charge on any atom is 0.286 e. The Labute approximate surface area is 104 Å². The maximum atomic E-state index is 11.3. The van der Waals surface area contributed by atoms with Gasteiger partial charge in [0, 0.05) is 0 Å². The molecule has 1 aromatic carbocycles. The van der Waals surface area contributed by atoms with E-state index in [0.29, 0.717) is 6.42 Å². The predicted octanol–water partition coefficient (Wildman–Crippen LogP) is 1.98. The van der Waals surface area contributed by atoms with E-state index in [1.165, 1.54) is 0 Å². The van der Waals surface area contributed by atoms with Crippen molar-refractivity contribution in [3.63, 3.8) is 0 Å². The SMILES string of the molecule is COc1ccc(CC[C@H]2SC(=O)NC2=O)cc1. The van der Waals surface area contributed by atoms with Crippen molar-refractivity contribution in [2.75, 3.05) is 7.11 Å². The van der Waals surface area contributed by atoms with Crippen molar-refractivity contribution in [3.8, 4) is 5.75 Å². The number of benzene rings is 1. The molecule has 5 heteroatoms. The lowest BCUT2D eigenvalue weighted by Crippen LogP contribution is -2.24. The lowest BCUT2D eigenvalue weighted by Gasteiger charge is -2.06. The van der Waals surface area contributed by atoms with Crippen LogP contribution in [0.4, 0.5) is 4.79 Å². The molecular formula is C12H13NO3S. The summed E-state index contributed by atoms with van der Waals surface area (Å²) >= 11 is 1.08. The van der Waals surface area contributed by atoms with Crippen molar-refractivity contribution in [1.82, 2.24) is 5.32 Å². The highest BCUT2D eigenvalue weighted by molar-refractivity contribution is 8.15. The minimum atomic E-state index is -0.246. The highest BCUT2D eigenvalue weighted by Gasteiger charge is 2.30. The molecule has 0 aliphatic carbocycles. The molecule has 4 nitrogen and oxygen atoms in total. The van der Waals surface area contributed by atoms with Crippen molar-refractivity contribution in [2.24, 2.45) is 0 Å². The fourth-order valence-corrected chi connectivity index (χ4v) is 2.49. The van der Waals surface area contributed by atoms with E-state index in [9.17, 15) is 9.59 Å². The van der Waals surface area contributed by atoms with Crippen LogP contribution >= 0.6 is 11.8 Å². The number of thioether (sulfide) groups is 1. The second kappa shape index (κ2) is 5.23. The first kappa shape index (κ1) is 12.0. The van der Waals surface area contributed by atoms with Crippen molar-refractivity contribution in [3.05, 3.63) is 29.8 Å². The number of ether oxygens (including phenoxy) is 1. The molecule has 2 amide bonds. The Bertz CT molecular complexity index is 430. The zero-order chi connectivity index (χ0) is 12.3. The van der Waals surface area contributed by atoms with Gasteiger partial charge < -0.3 is 4.74 Å². The van der Waals surface area contributed by atoms with E-state index in [-0.39, 0.29) is 16.4 Å². The van der Waals surface area contributed by atoms with Gasteiger partial charge in [-0.1, -0.05) is 23.9 Å². The van der Waals surface area contributed by atoms with Crippen molar-refractivity contribution >= 4 is 22.9 Å². The van der Waals surface area contributed by atoms with Crippen LogP contribution in [0, 0.1) is 0 Å². The van der Waals surface area contributed by atoms with E-state index in [2.05, 4.69) is 5.32 Å². The first-order valence-corrected chi connectivity index (χ1v) is 6.21. The fraction of sp³-hybridized carbons (Fsp3) is 0.333. The van der Waals surface area contributed by atoms with Gasteiger partial charge in [0.05, 0.1) is 12.4 Å². The largest absolute Gasteiger partial charge is 0.497 e. The molecule has 0 aromatic heterocycles. The zero-order valence-electron chi connectivity index (χ0n) is 9.43. The van der Waals surface area contributed by atoms with Crippen LogP contribution in [-0.2, 0) is 11.2 Å². The number of nitrogens with one attached hydrogen (secondary N) is 1. The summed E-state index contributed by atoms with van der Waals surface area (Å²) in [6, 6.07) is 7.72. The molecule has 0 spiro atoms. The highest BCUT2D eigenvalue weighted by Crippen LogP contribution is 2.23. The summed E-state index contributed by atoms with van der Waals surface area (Å²) in [5.41, 5.74) is 1.14. The third-order valence-electron chi connectivity index (χ3n) is 2.62. The van der Waals surface area contributed by atoms with E-state index in [1.807, 2.05) is 24.3 Å². The van der Waals surface area contributed by atoms with E-state index >= 15 is 0 Å². The van der Waals surface area contributed by atoms with Crippen LogP contribution in [0.25, 0.3) is 0 Å². The Kier molecular flexibility index (Phi) is 3.68. The lowest BCUT2D eigenvalue weighted by atomic mass is 10.1. The predicted molar refractivity (Wildman–Crippen MR) is 66.2 cm³/mol. The number of amides is 2. The molecule has 1 fully saturated rings. The van der Waals surface area contributed by atoms with E-state index in [4.69, 9.17) is 4.74 Å². The van der Waals surface area contributed by atoms with Gasteiger partial charge in [0.1, 0.15) is 5.75 Å². The molecule has 1 aliphatic heterocycles. The van der Waals surface area contributed by atoms with Gasteiger partial charge in [0.25, 0.3) is 5.24 Å². The number of aryl methyl sites for hydroxylation is 1. The van der Waals surface area contributed by atoms with Crippen LogP contribution in [0.1, 0.15) is 12.0 Å². The number of carbonyl (C=O) groups excluding carboxylic acids is 2. The molecule has 0 unspecified atom stereocenters. The number of methoxy groups -OCH3 is 1. The molecule has 2 rings (SSSR count). The summed E-state index contributed by atoms with van der Waals surface area (Å²) in [7, 11) is 1.63. The molecular weight excluding hydrogens is 238 g/mol. The Morgan fingerprint density at radius 3 is 2.53 bits per heavy atom. The summed E-state index contributed by atoms with van der Waals surface area (Å²) < 4.78 is 5.07. The van der Waals surface area contributed by atoms with Crippen LogP contribution in [0.5, 0.6) is 5.75 Å². The topological polar surface area (TPSA) is 55.4 Å². The summed E-state index contributed by atoms with van der Waals surface area (Å²) in [6.45, 7) is 0. The summed E-state index contributed by atoms with van der Waals surface area (Å²) in [5.74, 6) is 0.644. The second-order valence-corrected chi connectivity index (χ2v) is 4.95. The average Bonchev–Trinajstić information content (AvgIpc) is 2.66. The first-order chi connectivity index (χ1) is 8.19. The van der Waals surface area contributed by atoms with Gasteiger partial charge in [-0.25, -0.2) is 0 Å². The number of hydrogen-bond donors (Lipinski definition) is 1. The molecule has 17 heavy (non-hydrogen) atoms. The Morgan fingerprint density at radius 1 is 1.29 bits per heavy atom. The number of carbonyl (C=O) groups is 2. The normalized spacial score (nSPS) is 19.2. The van der Waals surface area contributed by atoms with Gasteiger partial charge >= 0.3 is 0 Å². The molecule has 0 saturated carbocycles. The third-order valence-corrected chi connectivity index (χ3v) is 3.67. The van der Waals surface area contributed by atoms with Gasteiger partial charge in [-0.2, -0.15) is 0 Å². The lowest BCUT2D eigenvalue weighted by molar-refractivity contribution is -0.119. The van der Waals surface area contributed by atoms with Crippen molar-refractivity contribution in [1.29, 1.82) is 0 Å².